The highest BCUT2D eigenvalue weighted by molar-refractivity contribution is 9.10. The van der Waals surface area contributed by atoms with Crippen LogP contribution in [0.4, 0.5) is 5.82 Å². The van der Waals surface area contributed by atoms with Gasteiger partial charge in [-0.2, -0.15) is 0 Å². The number of thioether (sulfide) groups is 1. The van der Waals surface area contributed by atoms with Crippen LogP contribution in [-0.2, 0) is 0 Å². The Kier molecular flexibility index (Phi) is 3.55. The second kappa shape index (κ2) is 4.47. The van der Waals surface area contributed by atoms with Crippen molar-refractivity contribution in [2.45, 2.75) is 5.03 Å². The maximum atomic E-state index is 5.56. The van der Waals surface area contributed by atoms with E-state index in [1.54, 1.807) is 11.8 Å². The lowest BCUT2D eigenvalue weighted by molar-refractivity contribution is 1.04. The van der Waals surface area contributed by atoms with Gasteiger partial charge in [0.15, 0.2) is 0 Å². The van der Waals surface area contributed by atoms with E-state index in [9.17, 15) is 0 Å². The lowest BCUT2D eigenvalue weighted by Gasteiger charge is -2.01. The number of aromatic nitrogens is 2. The molecule has 0 fully saturated rings. The number of nitrogens with zero attached hydrogens (tertiary/aromatic N) is 2. The van der Waals surface area contributed by atoms with Gasteiger partial charge in [0.2, 0.25) is 0 Å². The molecule has 1 heterocycles. The van der Waals surface area contributed by atoms with Crippen LogP contribution in [0.5, 0.6) is 0 Å². The van der Waals surface area contributed by atoms with Gasteiger partial charge < -0.3 is 5.73 Å². The Morgan fingerprint density at radius 3 is 3.08 bits per heavy atom. The van der Waals surface area contributed by atoms with Gasteiger partial charge in [-0.3, -0.25) is 0 Å². The van der Waals surface area contributed by atoms with Gasteiger partial charge >= 0.3 is 0 Å². The fraction of sp³-hybridized carbons (Fsp3) is 0.143. The summed E-state index contributed by atoms with van der Waals surface area (Å²) < 4.78 is 0.761. The van der Waals surface area contributed by atoms with Crippen molar-refractivity contribution in [1.29, 1.82) is 0 Å². The van der Waals surface area contributed by atoms with Crippen LogP contribution in [-0.4, -0.2) is 15.7 Å². The van der Waals surface area contributed by atoms with Crippen LogP contribution in [0.15, 0.2) is 28.5 Å². The molecule has 0 unspecified atom stereocenters. The van der Waals surface area contributed by atoms with Gasteiger partial charge in [0, 0.05) is 5.75 Å². The van der Waals surface area contributed by atoms with Gasteiger partial charge in [-0.15, -0.1) is 18.3 Å². The first kappa shape index (κ1) is 9.54. The minimum Gasteiger partial charge on any atom is -0.383 e. The monoisotopic (exact) mass is 245 g/mol. The third-order valence-electron chi connectivity index (χ3n) is 1.12. The van der Waals surface area contributed by atoms with Crippen molar-refractivity contribution in [2.24, 2.45) is 0 Å². The predicted molar refractivity (Wildman–Crippen MR) is 55.1 cm³/mol. The lowest BCUT2D eigenvalue weighted by atomic mass is 10.6. The summed E-state index contributed by atoms with van der Waals surface area (Å²) in [5, 5.41) is 0.849. The fourth-order valence-electron chi connectivity index (χ4n) is 0.605. The predicted octanol–water partition coefficient (Wildman–Crippen LogP) is 2.10. The van der Waals surface area contributed by atoms with Gasteiger partial charge in [0.05, 0.1) is 4.47 Å². The molecule has 1 rings (SSSR count). The van der Waals surface area contributed by atoms with Crippen LogP contribution in [0.2, 0.25) is 0 Å². The summed E-state index contributed by atoms with van der Waals surface area (Å²) >= 11 is 4.87. The van der Waals surface area contributed by atoms with Crippen molar-refractivity contribution in [3.63, 3.8) is 0 Å². The molecule has 0 bridgehead atoms. The number of halogens is 1. The van der Waals surface area contributed by atoms with Crippen LogP contribution in [0.3, 0.4) is 0 Å². The molecule has 0 radical (unpaired) electrons. The van der Waals surface area contributed by atoms with Crippen molar-refractivity contribution >= 4 is 33.5 Å². The number of rotatable bonds is 3. The largest absolute Gasteiger partial charge is 0.383 e. The Labute approximate surface area is 83.6 Å². The van der Waals surface area contributed by atoms with Crippen LogP contribution >= 0.6 is 27.7 Å². The zero-order chi connectivity index (χ0) is 8.97. The Bertz CT molecular complexity index is 290. The van der Waals surface area contributed by atoms with Crippen LogP contribution in [0, 0.1) is 0 Å². The summed E-state index contributed by atoms with van der Waals surface area (Å²) in [5.74, 6) is 1.28. The number of nitrogen functional groups attached to an aromatic ring is 1. The van der Waals surface area contributed by atoms with E-state index in [1.165, 1.54) is 6.33 Å². The molecule has 0 saturated heterocycles. The van der Waals surface area contributed by atoms with E-state index in [4.69, 9.17) is 5.73 Å². The lowest BCUT2D eigenvalue weighted by Crippen LogP contribution is -1.94. The normalized spacial score (nSPS) is 9.75. The van der Waals surface area contributed by atoms with Gasteiger partial charge in [-0.25, -0.2) is 9.97 Å². The minimum absolute atomic E-state index is 0.469. The van der Waals surface area contributed by atoms with Crippen molar-refractivity contribution < 1.29 is 0 Å². The zero-order valence-corrected chi connectivity index (χ0v) is 8.73. The fourth-order valence-corrected chi connectivity index (χ4v) is 1.78. The number of anilines is 1. The third-order valence-corrected chi connectivity index (χ3v) is 3.15. The molecule has 3 nitrogen and oxygen atoms in total. The van der Waals surface area contributed by atoms with Crippen LogP contribution in [0.1, 0.15) is 0 Å². The average Bonchev–Trinajstić information content (AvgIpc) is 2.08. The summed E-state index contributed by atoms with van der Waals surface area (Å²) in [6.45, 7) is 3.62. The summed E-state index contributed by atoms with van der Waals surface area (Å²) in [6.07, 6.45) is 3.26. The molecule has 0 saturated carbocycles. The summed E-state index contributed by atoms with van der Waals surface area (Å²) in [5.41, 5.74) is 5.56. The first-order valence-electron chi connectivity index (χ1n) is 3.25. The molecule has 1 aromatic rings. The van der Waals surface area contributed by atoms with E-state index < -0.39 is 0 Å². The quantitative estimate of drug-likeness (QED) is 0.504. The topological polar surface area (TPSA) is 51.8 Å². The first-order chi connectivity index (χ1) is 5.75. The Balaban J connectivity index is 2.84. The number of nitrogens with two attached hydrogens (primary N) is 1. The molecule has 1 aromatic heterocycles. The van der Waals surface area contributed by atoms with Gasteiger partial charge in [0.1, 0.15) is 17.2 Å². The first-order valence-corrected chi connectivity index (χ1v) is 5.03. The number of hydrogen-bond donors (Lipinski definition) is 1. The van der Waals surface area contributed by atoms with Crippen LogP contribution < -0.4 is 5.73 Å². The average molecular weight is 246 g/mol. The smallest absolute Gasteiger partial charge is 0.142 e. The van der Waals surface area contributed by atoms with E-state index in [2.05, 4.69) is 32.5 Å². The van der Waals surface area contributed by atoms with Crippen molar-refractivity contribution in [2.75, 3.05) is 11.5 Å². The third kappa shape index (κ3) is 2.22. The Hall–Kier alpha value is -0.550. The molecular weight excluding hydrogens is 238 g/mol. The molecule has 5 heteroatoms. The van der Waals surface area contributed by atoms with Crippen molar-refractivity contribution in [3.05, 3.63) is 23.5 Å². The van der Waals surface area contributed by atoms with Gasteiger partial charge in [0.25, 0.3) is 0 Å². The molecule has 2 N–H and O–H groups in total. The standard InChI is InChI=1S/C7H8BrN3S/c1-2-3-12-7-5(8)6(9)10-4-11-7/h2,4H,1,3H2,(H2,9,10,11). The van der Waals surface area contributed by atoms with Crippen molar-refractivity contribution in [3.8, 4) is 0 Å². The van der Waals surface area contributed by atoms with Gasteiger partial charge in [-0.1, -0.05) is 6.08 Å². The number of hydrogen-bond acceptors (Lipinski definition) is 4. The molecule has 12 heavy (non-hydrogen) atoms. The maximum Gasteiger partial charge on any atom is 0.142 e. The van der Waals surface area contributed by atoms with Crippen molar-refractivity contribution in [1.82, 2.24) is 9.97 Å². The van der Waals surface area contributed by atoms with E-state index in [1.807, 2.05) is 6.08 Å². The molecule has 0 aliphatic heterocycles. The molecule has 0 amide bonds. The SMILES string of the molecule is C=CCSc1ncnc(N)c1Br. The molecule has 64 valence electrons. The summed E-state index contributed by atoms with van der Waals surface area (Å²) in [7, 11) is 0. The van der Waals surface area contributed by atoms with Crippen LogP contribution in [0.25, 0.3) is 0 Å². The van der Waals surface area contributed by atoms with E-state index in [-0.39, 0.29) is 0 Å². The van der Waals surface area contributed by atoms with E-state index in [0.29, 0.717) is 5.82 Å². The van der Waals surface area contributed by atoms with Gasteiger partial charge in [-0.05, 0) is 15.9 Å². The maximum absolute atomic E-state index is 5.56. The highest BCUT2D eigenvalue weighted by atomic mass is 79.9. The highest BCUT2D eigenvalue weighted by Crippen LogP contribution is 2.27. The highest BCUT2D eigenvalue weighted by Gasteiger charge is 2.04. The van der Waals surface area contributed by atoms with E-state index >= 15 is 0 Å². The van der Waals surface area contributed by atoms with E-state index in [0.717, 1.165) is 15.3 Å². The summed E-state index contributed by atoms with van der Waals surface area (Å²) in [6, 6.07) is 0. The second-order valence-electron chi connectivity index (χ2n) is 1.98. The second-order valence-corrected chi connectivity index (χ2v) is 3.78. The summed E-state index contributed by atoms with van der Waals surface area (Å²) in [4.78, 5) is 7.88. The molecule has 0 atom stereocenters. The Morgan fingerprint density at radius 1 is 1.67 bits per heavy atom. The molecule has 0 aliphatic rings. The Morgan fingerprint density at radius 2 is 2.42 bits per heavy atom. The molecule has 0 spiro atoms. The minimum atomic E-state index is 0.469. The zero-order valence-electron chi connectivity index (χ0n) is 6.33. The molecular formula is C7H8BrN3S. The molecule has 0 aliphatic carbocycles. The molecule has 0 aromatic carbocycles.